The number of aromatic hydroxyl groups is 1. The zero-order valence-electron chi connectivity index (χ0n) is 18.4. The molecule has 0 bridgehead atoms. The lowest BCUT2D eigenvalue weighted by atomic mass is 10.0. The topological polar surface area (TPSA) is 115 Å². The molecule has 8 nitrogen and oxygen atoms in total. The Morgan fingerprint density at radius 3 is 2.18 bits per heavy atom. The molecule has 34 heavy (non-hydrogen) atoms. The lowest BCUT2D eigenvalue weighted by Gasteiger charge is -2.06. The van der Waals surface area contributed by atoms with Crippen molar-refractivity contribution in [2.45, 2.75) is 6.92 Å². The molecule has 8 heteroatoms. The summed E-state index contributed by atoms with van der Waals surface area (Å²) in [6.45, 7) is 4.81. The van der Waals surface area contributed by atoms with Crippen LogP contribution in [0.4, 0.5) is 11.4 Å². The molecule has 3 rings (SSSR count). The van der Waals surface area contributed by atoms with Gasteiger partial charge < -0.3 is 14.6 Å². The lowest BCUT2D eigenvalue weighted by Crippen LogP contribution is -2.14. The number of ether oxygens (including phenoxy) is 2. The number of esters is 2. The zero-order chi connectivity index (χ0) is 24.5. The van der Waals surface area contributed by atoms with Crippen molar-refractivity contribution in [1.29, 1.82) is 0 Å². The predicted molar refractivity (Wildman–Crippen MR) is 125 cm³/mol. The summed E-state index contributed by atoms with van der Waals surface area (Å²) in [7, 11) is 0. The Labute approximate surface area is 196 Å². The van der Waals surface area contributed by atoms with Gasteiger partial charge in [0.05, 0.1) is 22.5 Å². The summed E-state index contributed by atoms with van der Waals surface area (Å²) in [5.74, 6) is -1.66. The van der Waals surface area contributed by atoms with Gasteiger partial charge in [0, 0.05) is 11.1 Å². The van der Waals surface area contributed by atoms with E-state index in [0.29, 0.717) is 16.9 Å². The van der Waals surface area contributed by atoms with Crippen LogP contribution in [0.1, 0.15) is 33.2 Å². The molecule has 1 N–H and O–H groups in total. The van der Waals surface area contributed by atoms with Crippen LogP contribution in [-0.2, 0) is 14.3 Å². The number of rotatable bonds is 9. The first-order valence-electron chi connectivity index (χ1n) is 10.3. The first kappa shape index (κ1) is 24.1. The summed E-state index contributed by atoms with van der Waals surface area (Å²) < 4.78 is 9.96. The highest BCUT2D eigenvalue weighted by Crippen LogP contribution is 2.27. The molecule has 0 saturated heterocycles. The summed E-state index contributed by atoms with van der Waals surface area (Å²) in [6.07, 6.45) is 0. The molecular weight excluding hydrogens is 436 g/mol. The number of ketones is 1. The molecule has 0 spiro atoms. The van der Waals surface area contributed by atoms with E-state index >= 15 is 0 Å². The second-order valence-electron chi connectivity index (χ2n) is 7.20. The Morgan fingerprint density at radius 2 is 1.47 bits per heavy atom. The molecule has 3 aromatic carbocycles. The fourth-order valence-electron chi connectivity index (χ4n) is 2.80. The van der Waals surface area contributed by atoms with Gasteiger partial charge in [-0.15, -0.1) is 0 Å². The van der Waals surface area contributed by atoms with Gasteiger partial charge in [0.2, 0.25) is 0 Å². The minimum Gasteiger partial charge on any atom is -0.507 e. The van der Waals surface area contributed by atoms with E-state index in [1.54, 1.807) is 48.5 Å². The van der Waals surface area contributed by atoms with Crippen molar-refractivity contribution in [3.63, 3.8) is 0 Å². The molecule has 0 fully saturated rings. The summed E-state index contributed by atoms with van der Waals surface area (Å²) in [6, 6.07) is 19.2. The summed E-state index contributed by atoms with van der Waals surface area (Å²) >= 11 is 0. The van der Waals surface area contributed by atoms with Gasteiger partial charge in [0.15, 0.2) is 5.78 Å². The zero-order valence-corrected chi connectivity index (χ0v) is 18.4. The number of azo groups is 1. The monoisotopic (exact) mass is 458 g/mol. The maximum atomic E-state index is 12.7. The SMILES string of the molecule is C=C(C)C(=O)OCCOC(=O)c1cccc(N=Nc2ccc(O)c(C(=O)c3ccccc3)c2)c1. The Bertz CT molecular complexity index is 1250. The number of nitrogens with zero attached hydrogens (tertiary/aromatic N) is 2. The normalized spacial score (nSPS) is 10.6. The predicted octanol–water partition coefficient (Wildman–Crippen LogP) is 5.31. The number of hydrogen-bond donors (Lipinski definition) is 1. The smallest absolute Gasteiger partial charge is 0.338 e. The molecule has 3 aromatic rings. The van der Waals surface area contributed by atoms with Crippen molar-refractivity contribution in [2.75, 3.05) is 13.2 Å². The lowest BCUT2D eigenvalue weighted by molar-refractivity contribution is -0.140. The molecule has 172 valence electrons. The van der Waals surface area contributed by atoms with E-state index in [4.69, 9.17) is 9.47 Å². The highest BCUT2D eigenvalue weighted by molar-refractivity contribution is 6.11. The summed E-state index contributed by atoms with van der Waals surface area (Å²) in [5, 5.41) is 18.3. The van der Waals surface area contributed by atoms with Gasteiger partial charge in [-0.25, -0.2) is 9.59 Å². The second kappa shape index (κ2) is 11.3. The molecule has 0 heterocycles. The number of phenolic OH excluding ortho intramolecular Hbond substituents is 1. The molecular formula is C26H22N2O6. The van der Waals surface area contributed by atoms with Gasteiger partial charge in [-0.1, -0.05) is 43.0 Å². The summed E-state index contributed by atoms with van der Waals surface area (Å²) in [4.78, 5) is 36.2. The fraction of sp³-hybridized carbons (Fsp3) is 0.115. The molecule has 0 aliphatic heterocycles. The third kappa shape index (κ3) is 6.46. The van der Waals surface area contributed by atoms with Crippen LogP contribution in [0.3, 0.4) is 0 Å². The third-order valence-electron chi connectivity index (χ3n) is 4.52. The van der Waals surface area contributed by atoms with Crippen LogP contribution in [-0.4, -0.2) is 36.0 Å². The van der Waals surface area contributed by atoms with E-state index < -0.39 is 11.9 Å². The van der Waals surface area contributed by atoms with E-state index in [1.807, 2.05) is 0 Å². The Morgan fingerprint density at radius 1 is 0.824 bits per heavy atom. The van der Waals surface area contributed by atoms with Gasteiger partial charge in [0.1, 0.15) is 19.0 Å². The number of benzene rings is 3. The van der Waals surface area contributed by atoms with E-state index in [1.165, 1.54) is 31.2 Å². The molecule has 0 atom stereocenters. The quantitative estimate of drug-likeness (QED) is 0.153. The van der Waals surface area contributed by atoms with Crippen molar-refractivity contribution in [3.05, 3.63) is 102 Å². The first-order chi connectivity index (χ1) is 16.3. The van der Waals surface area contributed by atoms with Gasteiger partial charge in [0.25, 0.3) is 0 Å². The molecule has 0 radical (unpaired) electrons. The van der Waals surface area contributed by atoms with Gasteiger partial charge in [-0.2, -0.15) is 10.2 Å². The van der Waals surface area contributed by atoms with Crippen LogP contribution in [0.25, 0.3) is 0 Å². The highest BCUT2D eigenvalue weighted by atomic mass is 16.6. The van der Waals surface area contributed by atoms with Gasteiger partial charge in [-0.05, 0) is 43.3 Å². The number of phenols is 1. The van der Waals surface area contributed by atoms with Gasteiger partial charge in [-0.3, -0.25) is 4.79 Å². The van der Waals surface area contributed by atoms with Crippen molar-refractivity contribution < 1.29 is 29.0 Å². The van der Waals surface area contributed by atoms with Crippen LogP contribution in [0.2, 0.25) is 0 Å². The largest absolute Gasteiger partial charge is 0.507 e. The maximum Gasteiger partial charge on any atom is 0.338 e. The van der Waals surface area contributed by atoms with Crippen LogP contribution in [0.5, 0.6) is 5.75 Å². The molecule has 0 unspecified atom stereocenters. The molecule has 0 aliphatic rings. The minimum atomic E-state index is -0.608. The molecule has 0 aromatic heterocycles. The maximum absolute atomic E-state index is 12.7. The third-order valence-corrected chi connectivity index (χ3v) is 4.52. The summed E-state index contributed by atoms with van der Waals surface area (Å²) in [5.41, 5.74) is 1.78. The minimum absolute atomic E-state index is 0.0816. The number of carbonyl (C=O) groups is 3. The average Bonchev–Trinajstić information content (AvgIpc) is 2.86. The Kier molecular flexibility index (Phi) is 8.02. The number of hydrogen-bond acceptors (Lipinski definition) is 8. The van der Waals surface area contributed by atoms with Crippen LogP contribution >= 0.6 is 0 Å². The second-order valence-corrected chi connectivity index (χ2v) is 7.20. The van der Waals surface area contributed by atoms with Crippen molar-refractivity contribution in [1.82, 2.24) is 0 Å². The molecule has 0 aliphatic carbocycles. The highest BCUT2D eigenvalue weighted by Gasteiger charge is 2.14. The van der Waals surface area contributed by atoms with Crippen LogP contribution < -0.4 is 0 Å². The molecule has 0 amide bonds. The van der Waals surface area contributed by atoms with Crippen molar-refractivity contribution in [2.24, 2.45) is 10.2 Å². The first-order valence-corrected chi connectivity index (χ1v) is 10.3. The van der Waals surface area contributed by atoms with Crippen LogP contribution in [0, 0.1) is 0 Å². The Hall–Kier alpha value is -4.59. The Balaban J connectivity index is 1.66. The van der Waals surface area contributed by atoms with Crippen molar-refractivity contribution in [3.8, 4) is 5.75 Å². The van der Waals surface area contributed by atoms with Gasteiger partial charge >= 0.3 is 11.9 Å². The molecule has 0 saturated carbocycles. The van der Waals surface area contributed by atoms with E-state index in [-0.39, 0.29) is 41.4 Å². The van der Waals surface area contributed by atoms with E-state index in [2.05, 4.69) is 16.8 Å². The van der Waals surface area contributed by atoms with E-state index in [9.17, 15) is 19.5 Å². The van der Waals surface area contributed by atoms with E-state index in [0.717, 1.165) is 0 Å². The standard InChI is InChI=1S/C26H22N2O6/c1-17(2)25(31)33-13-14-34-26(32)19-9-6-10-20(15-19)27-28-21-11-12-23(29)22(16-21)24(30)18-7-4-3-5-8-18/h3-12,15-16,29H,1,13-14H2,2H3. The number of carbonyl (C=O) groups excluding carboxylic acids is 3. The van der Waals surface area contributed by atoms with Crippen molar-refractivity contribution >= 4 is 29.1 Å². The van der Waals surface area contributed by atoms with Crippen LogP contribution in [0.15, 0.2) is 95.2 Å². The average molecular weight is 458 g/mol. The fourth-order valence-corrected chi connectivity index (χ4v) is 2.80.